The van der Waals surface area contributed by atoms with Gasteiger partial charge in [0, 0.05) is 56.1 Å². The van der Waals surface area contributed by atoms with Crippen molar-refractivity contribution in [1.29, 1.82) is 0 Å². The molecule has 3 aromatic rings. The summed E-state index contributed by atoms with van der Waals surface area (Å²) in [7, 11) is 0. The number of carbonyl (C=O) groups is 1. The van der Waals surface area contributed by atoms with Crippen molar-refractivity contribution < 1.29 is 9.53 Å². The third kappa shape index (κ3) is 3.67. The Hall–Kier alpha value is -2.66. The number of aromatic nitrogens is 2. The fraction of sp³-hybridized carbons (Fsp3) is 0.417. The molecule has 2 aromatic heterocycles. The van der Waals surface area contributed by atoms with Gasteiger partial charge in [0.25, 0.3) is 0 Å². The van der Waals surface area contributed by atoms with Crippen molar-refractivity contribution in [2.45, 2.75) is 39.2 Å². The van der Waals surface area contributed by atoms with Gasteiger partial charge in [0.2, 0.25) is 5.91 Å². The highest BCUT2D eigenvalue weighted by atomic mass is 16.5. The molecule has 1 amide bonds. The largest absolute Gasteiger partial charge is 0.381 e. The Bertz CT molecular complexity index is 1050. The number of nitrogens with one attached hydrogen (secondary N) is 1. The predicted octanol–water partition coefficient (Wildman–Crippen LogP) is 4.24. The molecule has 5 rings (SSSR count). The van der Waals surface area contributed by atoms with E-state index in [0.717, 1.165) is 61.2 Å². The van der Waals surface area contributed by atoms with Crippen LogP contribution in [0.2, 0.25) is 0 Å². The summed E-state index contributed by atoms with van der Waals surface area (Å²) in [6.07, 6.45) is 7.53. The minimum atomic E-state index is 0.291. The number of aromatic amines is 1. The average Bonchev–Trinajstić information content (AvgIpc) is 3.14. The number of benzene rings is 1. The zero-order chi connectivity index (χ0) is 19.8. The number of pyridine rings is 1. The molecule has 0 aliphatic carbocycles. The predicted molar refractivity (Wildman–Crippen MR) is 114 cm³/mol. The molecule has 1 saturated heterocycles. The molecule has 0 unspecified atom stereocenters. The second kappa shape index (κ2) is 7.64. The molecule has 1 aromatic carbocycles. The molecule has 0 atom stereocenters. The van der Waals surface area contributed by atoms with E-state index in [1.165, 1.54) is 16.7 Å². The van der Waals surface area contributed by atoms with Gasteiger partial charge in [-0.05, 0) is 66.5 Å². The summed E-state index contributed by atoms with van der Waals surface area (Å²) in [6, 6.07) is 8.85. The summed E-state index contributed by atoms with van der Waals surface area (Å²) >= 11 is 0. The number of nitrogens with zero attached hydrogens (tertiary/aromatic N) is 2. The van der Waals surface area contributed by atoms with Gasteiger partial charge in [-0.2, -0.15) is 0 Å². The average molecular weight is 389 g/mol. The lowest BCUT2D eigenvalue weighted by Gasteiger charge is -2.31. The van der Waals surface area contributed by atoms with E-state index < -0.39 is 0 Å². The molecule has 5 heteroatoms. The Labute approximate surface area is 171 Å². The first-order valence-electron chi connectivity index (χ1n) is 10.6. The summed E-state index contributed by atoms with van der Waals surface area (Å²) in [5, 5.41) is 1.16. The highest BCUT2D eigenvalue weighted by Gasteiger charge is 2.24. The molecule has 2 aliphatic rings. The standard InChI is InChI=1S/C24H27N3O2/c1-16-13-25-24-22(16)12-20(14-26-24)19-3-2-18-4-7-27(15-21(18)11-19)23(28)10-17-5-8-29-9-6-17/h2-3,11-14,17H,4-10,15H2,1H3,(H,25,26). The maximum absolute atomic E-state index is 12.9. The number of rotatable bonds is 3. The number of ether oxygens (including phenoxy) is 1. The zero-order valence-corrected chi connectivity index (χ0v) is 16.9. The minimum absolute atomic E-state index is 0.291. The van der Waals surface area contributed by atoms with Crippen molar-refractivity contribution in [3.05, 3.63) is 53.3 Å². The lowest BCUT2D eigenvalue weighted by Crippen LogP contribution is -2.37. The van der Waals surface area contributed by atoms with Crippen LogP contribution in [0.1, 0.15) is 36.0 Å². The highest BCUT2D eigenvalue weighted by Crippen LogP contribution is 2.29. The molecule has 150 valence electrons. The van der Waals surface area contributed by atoms with Gasteiger partial charge in [0.1, 0.15) is 5.65 Å². The molecule has 0 saturated carbocycles. The normalized spacial score (nSPS) is 17.5. The first-order valence-corrected chi connectivity index (χ1v) is 10.6. The number of fused-ring (bicyclic) bond motifs is 2. The lowest BCUT2D eigenvalue weighted by atomic mass is 9.93. The molecule has 1 N–H and O–H groups in total. The van der Waals surface area contributed by atoms with E-state index in [4.69, 9.17) is 4.74 Å². The SMILES string of the molecule is Cc1c[nH]c2ncc(-c3ccc4c(c3)CN(C(=O)CC3CCOCC3)CC4)cc12. The van der Waals surface area contributed by atoms with Crippen LogP contribution in [-0.2, 0) is 22.5 Å². The van der Waals surface area contributed by atoms with Gasteiger partial charge in [-0.3, -0.25) is 4.79 Å². The van der Waals surface area contributed by atoms with E-state index in [9.17, 15) is 4.79 Å². The number of H-pyrrole nitrogens is 1. The summed E-state index contributed by atoms with van der Waals surface area (Å²) in [5.41, 5.74) is 7.04. The van der Waals surface area contributed by atoms with E-state index in [1.807, 2.05) is 17.3 Å². The lowest BCUT2D eigenvalue weighted by molar-refractivity contribution is -0.133. The molecule has 2 aliphatic heterocycles. The summed E-state index contributed by atoms with van der Waals surface area (Å²) in [5.74, 6) is 0.769. The third-order valence-electron chi connectivity index (χ3n) is 6.45. The van der Waals surface area contributed by atoms with E-state index in [-0.39, 0.29) is 0 Å². The van der Waals surface area contributed by atoms with Crippen molar-refractivity contribution in [2.24, 2.45) is 5.92 Å². The Balaban J connectivity index is 1.36. The number of hydrogen-bond donors (Lipinski definition) is 1. The van der Waals surface area contributed by atoms with Gasteiger partial charge >= 0.3 is 0 Å². The Morgan fingerprint density at radius 1 is 1.21 bits per heavy atom. The maximum Gasteiger partial charge on any atom is 0.223 e. The highest BCUT2D eigenvalue weighted by molar-refractivity contribution is 5.84. The van der Waals surface area contributed by atoms with Gasteiger partial charge in [-0.1, -0.05) is 12.1 Å². The molecule has 0 spiro atoms. The fourth-order valence-corrected chi connectivity index (χ4v) is 4.57. The van der Waals surface area contributed by atoms with Crippen LogP contribution < -0.4 is 0 Å². The summed E-state index contributed by atoms with van der Waals surface area (Å²) in [4.78, 5) is 22.7. The second-order valence-corrected chi connectivity index (χ2v) is 8.40. The van der Waals surface area contributed by atoms with E-state index in [1.54, 1.807) is 0 Å². The first-order chi connectivity index (χ1) is 14.2. The van der Waals surface area contributed by atoms with Gasteiger partial charge in [0.15, 0.2) is 0 Å². The molecular weight excluding hydrogens is 362 g/mol. The van der Waals surface area contributed by atoms with Crippen molar-refractivity contribution in [2.75, 3.05) is 19.8 Å². The summed E-state index contributed by atoms with van der Waals surface area (Å²) in [6.45, 7) is 5.22. The van der Waals surface area contributed by atoms with E-state index in [0.29, 0.717) is 24.8 Å². The number of carbonyl (C=O) groups excluding carboxylic acids is 1. The fourth-order valence-electron chi connectivity index (χ4n) is 4.57. The van der Waals surface area contributed by atoms with Crippen molar-refractivity contribution in [3.63, 3.8) is 0 Å². The number of aryl methyl sites for hydroxylation is 1. The molecule has 5 nitrogen and oxygen atoms in total. The topological polar surface area (TPSA) is 58.2 Å². The van der Waals surface area contributed by atoms with Crippen molar-refractivity contribution in [1.82, 2.24) is 14.9 Å². The van der Waals surface area contributed by atoms with Crippen LogP contribution in [0.4, 0.5) is 0 Å². The van der Waals surface area contributed by atoms with E-state index in [2.05, 4.69) is 41.2 Å². The molecule has 0 radical (unpaired) electrons. The first kappa shape index (κ1) is 18.4. The van der Waals surface area contributed by atoms with Crippen LogP contribution in [-0.4, -0.2) is 40.5 Å². The Morgan fingerprint density at radius 3 is 2.93 bits per heavy atom. The maximum atomic E-state index is 12.9. The number of amides is 1. The third-order valence-corrected chi connectivity index (χ3v) is 6.45. The van der Waals surface area contributed by atoms with E-state index >= 15 is 0 Å². The van der Waals surface area contributed by atoms with Crippen LogP contribution in [0.5, 0.6) is 0 Å². The van der Waals surface area contributed by atoms with Gasteiger partial charge in [-0.25, -0.2) is 4.98 Å². The zero-order valence-electron chi connectivity index (χ0n) is 16.9. The number of hydrogen-bond acceptors (Lipinski definition) is 3. The van der Waals surface area contributed by atoms with Crippen molar-refractivity contribution >= 4 is 16.9 Å². The summed E-state index contributed by atoms with van der Waals surface area (Å²) < 4.78 is 5.43. The monoisotopic (exact) mass is 389 g/mol. The Morgan fingerprint density at radius 2 is 2.07 bits per heavy atom. The molecule has 1 fully saturated rings. The minimum Gasteiger partial charge on any atom is -0.381 e. The van der Waals surface area contributed by atoms with Crippen LogP contribution in [0.25, 0.3) is 22.2 Å². The van der Waals surface area contributed by atoms with Crippen LogP contribution in [0.3, 0.4) is 0 Å². The molecular formula is C24H27N3O2. The smallest absolute Gasteiger partial charge is 0.223 e. The van der Waals surface area contributed by atoms with Crippen LogP contribution in [0.15, 0.2) is 36.7 Å². The molecule has 29 heavy (non-hydrogen) atoms. The molecule has 4 heterocycles. The van der Waals surface area contributed by atoms with Crippen LogP contribution >= 0.6 is 0 Å². The quantitative estimate of drug-likeness (QED) is 0.729. The van der Waals surface area contributed by atoms with Gasteiger partial charge in [-0.15, -0.1) is 0 Å². The molecule has 0 bridgehead atoms. The Kier molecular flexibility index (Phi) is 4.84. The van der Waals surface area contributed by atoms with Gasteiger partial charge < -0.3 is 14.6 Å². The van der Waals surface area contributed by atoms with Gasteiger partial charge in [0.05, 0.1) is 0 Å². The van der Waals surface area contributed by atoms with Crippen LogP contribution in [0, 0.1) is 12.8 Å². The second-order valence-electron chi connectivity index (χ2n) is 8.40. The van der Waals surface area contributed by atoms with Crippen molar-refractivity contribution in [3.8, 4) is 11.1 Å².